The van der Waals surface area contributed by atoms with Crippen molar-refractivity contribution >= 4 is 28.6 Å². The highest BCUT2D eigenvalue weighted by Gasteiger charge is 2.47. The van der Waals surface area contributed by atoms with Gasteiger partial charge in [0.25, 0.3) is 0 Å². The van der Waals surface area contributed by atoms with Crippen molar-refractivity contribution in [3.05, 3.63) is 35.5 Å². The molecule has 3 atom stereocenters. The molecule has 8 heteroatoms. The van der Waals surface area contributed by atoms with E-state index in [9.17, 15) is 14.4 Å². The highest BCUT2D eigenvalue weighted by atomic mass is 16.2. The van der Waals surface area contributed by atoms with E-state index >= 15 is 0 Å². The number of rotatable bonds is 4. The second kappa shape index (κ2) is 8.65. The zero-order chi connectivity index (χ0) is 21.1. The van der Waals surface area contributed by atoms with E-state index in [4.69, 9.17) is 5.73 Å². The Morgan fingerprint density at radius 2 is 1.97 bits per heavy atom. The first-order chi connectivity index (χ1) is 14.0. The number of primary amides is 1. The van der Waals surface area contributed by atoms with Crippen molar-refractivity contribution in [3.63, 3.8) is 0 Å². The van der Waals surface area contributed by atoms with E-state index in [2.05, 4.69) is 15.6 Å². The maximum absolute atomic E-state index is 13.3. The number of aromatic amines is 1. The Bertz CT molecular complexity index is 922. The fraction of sp³-hybridized carbons (Fsp3) is 0.476. The summed E-state index contributed by atoms with van der Waals surface area (Å²) < 4.78 is 0. The number of aromatic nitrogens is 1. The highest BCUT2D eigenvalue weighted by molar-refractivity contribution is 5.95. The predicted octanol–water partition coefficient (Wildman–Crippen LogP) is 0.972. The van der Waals surface area contributed by atoms with Crippen LogP contribution in [0.4, 0.5) is 0 Å². The largest absolute Gasteiger partial charge is 0.368 e. The SMILES string of the molecule is CC.CNCC(=O)NC1Cc2c([nH]c3ccccc23)C2CCC(C(N)=O)N2C1=O. The molecular weight excluding hydrogens is 370 g/mol. The number of fused-ring (bicyclic) bond motifs is 5. The molecule has 1 fully saturated rings. The summed E-state index contributed by atoms with van der Waals surface area (Å²) in [6.45, 7) is 4.12. The molecule has 3 amide bonds. The van der Waals surface area contributed by atoms with Gasteiger partial charge in [-0.15, -0.1) is 0 Å². The molecule has 4 rings (SSSR count). The van der Waals surface area contributed by atoms with Crippen LogP contribution in [0.5, 0.6) is 0 Å². The van der Waals surface area contributed by atoms with Crippen LogP contribution >= 0.6 is 0 Å². The minimum atomic E-state index is -0.728. The van der Waals surface area contributed by atoms with Crippen LogP contribution in [0.25, 0.3) is 10.9 Å². The van der Waals surface area contributed by atoms with Gasteiger partial charge in [0.2, 0.25) is 17.7 Å². The lowest BCUT2D eigenvalue weighted by molar-refractivity contribution is -0.142. The number of carbonyl (C=O) groups excluding carboxylic acids is 3. The summed E-state index contributed by atoms with van der Waals surface area (Å²) in [4.78, 5) is 42.4. The van der Waals surface area contributed by atoms with Crippen molar-refractivity contribution < 1.29 is 14.4 Å². The van der Waals surface area contributed by atoms with Gasteiger partial charge in [-0.3, -0.25) is 14.4 Å². The molecule has 1 aromatic heterocycles. The van der Waals surface area contributed by atoms with Gasteiger partial charge < -0.3 is 26.3 Å². The maximum Gasteiger partial charge on any atom is 0.246 e. The fourth-order valence-electron chi connectivity index (χ4n) is 4.40. The number of hydrogen-bond acceptors (Lipinski definition) is 4. The number of nitrogens with two attached hydrogens (primary N) is 1. The molecule has 1 saturated heterocycles. The average Bonchev–Trinajstić information content (AvgIpc) is 3.28. The predicted molar refractivity (Wildman–Crippen MR) is 111 cm³/mol. The lowest BCUT2D eigenvalue weighted by Crippen LogP contribution is -2.53. The molecule has 1 aromatic carbocycles. The van der Waals surface area contributed by atoms with E-state index in [1.54, 1.807) is 11.9 Å². The Labute approximate surface area is 170 Å². The van der Waals surface area contributed by atoms with Crippen LogP contribution in [0.1, 0.15) is 44.0 Å². The van der Waals surface area contributed by atoms with E-state index in [0.717, 1.165) is 22.2 Å². The number of nitrogens with zero attached hydrogens (tertiary/aromatic N) is 1. The molecule has 2 aliphatic rings. The summed E-state index contributed by atoms with van der Waals surface area (Å²) in [5, 5.41) is 6.65. The molecule has 0 saturated carbocycles. The van der Waals surface area contributed by atoms with Gasteiger partial charge in [0.05, 0.1) is 12.6 Å². The van der Waals surface area contributed by atoms with Crippen LogP contribution in [0.2, 0.25) is 0 Å². The number of carbonyl (C=O) groups is 3. The summed E-state index contributed by atoms with van der Waals surface area (Å²) in [6.07, 6.45) is 1.57. The van der Waals surface area contributed by atoms with Gasteiger partial charge in [-0.1, -0.05) is 32.0 Å². The molecule has 0 aliphatic carbocycles. The Morgan fingerprint density at radius 1 is 1.24 bits per heavy atom. The second-order valence-electron chi connectivity index (χ2n) is 7.17. The number of para-hydroxylation sites is 1. The summed E-state index contributed by atoms with van der Waals surface area (Å²) >= 11 is 0. The van der Waals surface area contributed by atoms with Gasteiger partial charge in [-0.25, -0.2) is 0 Å². The first-order valence-corrected chi connectivity index (χ1v) is 10.2. The van der Waals surface area contributed by atoms with E-state index in [0.29, 0.717) is 19.3 Å². The Kier molecular flexibility index (Phi) is 6.22. The first-order valence-electron chi connectivity index (χ1n) is 10.2. The number of hydrogen-bond donors (Lipinski definition) is 4. The molecule has 3 heterocycles. The minimum absolute atomic E-state index is 0.118. The topological polar surface area (TPSA) is 120 Å². The van der Waals surface area contributed by atoms with Gasteiger partial charge in [-0.2, -0.15) is 0 Å². The monoisotopic (exact) mass is 399 g/mol. The molecule has 2 aliphatic heterocycles. The number of benzene rings is 1. The van der Waals surface area contributed by atoms with Crippen molar-refractivity contribution in [1.82, 2.24) is 20.5 Å². The van der Waals surface area contributed by atoms with Crippen molar-refractivity contribution in [2.24, 2.45) is 5.73 Å². The van der Waals surface area contributed by atoms with Crippen molar-refractivity contribution in [3.8, 4) is 0 Å². The van der Waals surface area contributed by atoms with Crippen LogP contribution in [0.15, 0.2) is 24.3 Å². The van der Waals surface area contributed by atoms with Gasteiger partial charge in [-0.05, 0) is 31.5 Å². The molecule has 156 valence electrons. The van der Waals surface area contributed by atoms with Crippen LogP contribution < -0.4 is 16.4 Å². The van der Waals surface area contributed by atoms with E-state index in [1.165, 1.54) is 0 Å². The molecule has 0 spiro atoms. The zero-order valence-corrected chi connectivity index (χ0v) is 17.1. The Hall–Kier alpha value is -2.87. The third-order valence-electron chi connectivity index (χ3n) is 5.53. The molecule has 5 N–H and O–H groups in total. The number of H-pyrrole nitrogens is 1. The average molecular weight is 399 g/mol. The molecular formula is C21H29N5O3. The Balaban J connectivity index is 0.00000117. The standard InChI is InChI=1S/C19H23N5O3.C2H6/c1-21-9-16(25)22-13-8-11-10-4-2-3-5-12(10)23-17(11)14-6-7-15(18(20)26)24(14)19(13)27;1-2/h2-5,13-15,21,23H,6-9H2,1H3,(H2,20,26)(H,22,25);1-2H3. The molecule has 0 bridgehead atoms. The molecule has 3 unspecified atom stereocenters. The number of nitrogens with one attached hydrogen (secondary N) is 3. The van der Waals surface area contributed by atoms with E-state index < -0.39 is 18.0 Å². The third-order valence-corrected chi connectivity index (χ3v) is 5.53. The number of amides is 3. The minimum Gasteiger partial charge on any atom is -0.368 e. The van der Waals surface area contributed by atoms with Gasteiger partial charge in [0.15, 0.2) is 0 Å². The fourth-order valence-corrected chi connectivity index (χ4v) is 4.40. The first kappa shape index (κ1) is 20.9. The Morgan fingerprint density at radius 3 is 2.66 bits per heavy atom. The lowest BCUT2D eigenvalue weighted by Gasteiger charge is -2.29. The van der Waals surface area contributed by atoms with Crippen LogP contribution in [0, 0.1) is 0 Å². The van der Waals surface area contributed by atoms with Crippen molar-refractivity contribution in [2.45, 2.75) is 51.2 Å². The second-order valence-corrected chi connectivity index (χ2v) is 7.17. The van der Waals surface area contributed by atoms with E-state index in [-0.39, 0.29) is 24.4 Å². The van der Waals surface area contributed by atoms with Gasteiger partial charge in [0, 0.05) is 23.0 Å². The summed E-state index contributed by atoms with van der Waals surface area (Å²) in [6, 6.07) is 6.30. The maximum atomic E-state index is 13.3. The number of likely N-dealkylation sites (N-methyl/N-ethyl adjacent to an activating group) is 1. The van der Waals surface area contributed by atoms with Crippen LogP contribution in [0.3, 0.4) is 0 Å². The van der Waals surface area contributed by atoms with Crippen molar-refractivity contribution in [2.75, 3.05) is 13.6 Å². The van der Waals surface area contributed by atoms with Crippen LogP contribution in [-0.2, 0) is 20.8 Å². The third kappa shape index (κ3) is 3.72. The zero-order valence-electron chi connectivity index (χ0n) is 17.1. The van der Waals surface area contributed by atoms with Crippen LogP contribution in [-0.4, -0.2) is 53.3 Å². The summed E-state index contributed by atoms with van der Waals surface area (Å²) in [5.41, 5.74) is 8.52. The van der Waals surface area contributed by atoms with Gasteiger partial charge in [0.1, 0.15) is 12.1 Å². The van der Waals surface area contributed by atoms with E-state index in [1.807, 2.05) is 38.1 Å². The molecule has 29 heavy (non-hydrogen) atoms. The summed E-state index contributed by atoms with van der Waals surface area (Å²) in [7, 11) is 1.67. The lowest BCUT2D eigenvalue weighted by atomic mass is 10.00. The molecule has 8 nitrogen and oxygen atoms in total. The quantitative estimate of drug-likeness (QED) is 0.612. The molecule has 2 aromatic rings. The smallest absolute Gasteiger partial charge is 0.246 e. The normalized spacial score (nSPS) is 22.9. The summed E-state index contributed by atoms with van der Waals surface area (Å²) in [5.74, 6) is -1.02. The van der Waals surface area contributed by atoms with Gasteiger partial charge >= 0.3 is 0 Å². The highest BCUT2D eigenvalue weighted by Crippen LogP contribution is 2.42. The molecule has 0 radical (unpaired) electrons. The van der Waals surface area contributed by atoms with Crippen molar-refractivity contribution in [1.29, 1.82) is 0 Å².